The summed E-state index contributed by atoms with van der Waals surface area (Å²) in [6.45, 7) is 4.15. The van der Waals surface area contributed by atoms with Gasteiger partial charge in [-0.25, -0.2) is 4.39 Å². The molecule has 0 radical (unpaired) electrons. The van der Waals surface area contributed by atoms with Crippen molar-refractivity contribution in [2.24, 2.45) is 0 Å². The minimum atomic E-state index is -0.233. The standard InChI is InChI=1S/C15H16BrFN2/c1-10(12-4-3-7-18-9-12)19-11(2)14-6-5-13(17)8-15(14)16/h3-11,19H,1-2H3. The van der Waals surface area contributed by atoms with Gasteiger partial charge in [-0.05, 0) is 43.2 Å². The predicted octanol–water partition coefficient (Wildman–Crippen LogP) is 4.40. The first-order valence-electron chi connectivity index (χ1n) is 6.19. The Bertz CT molecular complexity index is 545. The van der Waals surface area contributed by atoms with Crippen LogP contribution in [0.1, 0.15) is 37.1 Å². The van der Waals surface area contributed by atoms with E-state index in [0.29, 0.717) is 0 Å². The number of hydrogen-bond donors (Lipinski definition) is 1. The first-order valence-corrected chi connectivity index (χ1v) is 6.98. The van der Waals surface area contributed by atoms with Gasteiger partial charge in [-0.3, -0.25) is 4.98 Å². The second-order valence-corrected chi connectivity index (χ2v) is 5.42. The van der Waals surface area contributed by atoms with Gasteiger partial charge in [0.2, 0.25) is 0 Å². The minimum absolute atomic E-state index is 0.116. The molecular weight excluding hydrogens is 307 g/mol. The van der Waals surface area contributed by atoms with Crippen LogP contribution in [0.3, 0.4) is 0 Å². The van der Waals surface area contributed by atoms with Crippen molar-refractivity contribution in [1.82, 2.24) is 10.3 Å². The van der Waals surface area contributed by atoms with E-state index in [1.807, 2.05) is 18.3 Å². The van der Waals surface area contributed by atoms with Gasteiger partial charge in [0.25, 0.3) is 0 Å². The Kier molecular flexibility index (Phi) is 4.66. The second kappa shape index (κ2) is 6.26. The molecule has 0 saturated carbocycles. The van der Waals surface area contributed by atoms with Crippen LogP contribution in [-0.2, 0) is 0 Å². The van der Waals surface area contributed by atoms with E-state index >= 15 is 0 Å². The third kappa shape index (κ3) is 3.61. The lowest BCUT2D eigenvalue weighted by Gasteiger charge is -2.21. The van der Waals surface area contributed by atoms with Crippen LogP contribution in [0.25, 0.3) is 0 Å². The van der Waals surface area contributed by atoms with Crippen molar-refractivity contribution < 1.29 is 4.39 Å². The Hall–Kier alpha value is -1.26. The van der Waals surface area contributed by atoms with E-state index in [0.717, 1.165) is 15.6 Å². The molecule has 0 amide bonds. The van der Waals surface area contributed by atoms with E-state index in [1.165, 1.54) is 12.1 Å². The molecular formula is C15H16BrFN2. The van der Waals surface area contributed by atoms with Gasteiger partial charge in [-0.15, -0.1) is 0 Å². The van der Waals surface area contributed by atoms with Gasteiger partial charge >= 0.3 is 0 Å². The fourth-order valence-corrected chi connectivity index (χ4v) is 2.74. The zero-order chi connectivity index (χ0) is 13.8. The van der Waals surface area contributed by atoms with Gasteiger partial charge in [0, 0.05) is 29.0 Å². The summed E-state index contributed by atoms with van der Waals surface area (Å²) in [6.07, 6.45) is 3.61. The first kappa shape index (κ1) is 14.2. The van der Waals surface area contributed by atoms with Crippen LogP contribution in [0, 0.1) is 5.82 Å². The van der Waals surface area contributed by atoms with Crippen LogP contribution >= 0.6 is 15.9 Å². The van der Waals surface area contributed by atoms with Gasteiger partial charge in [-0.1, -0.05) is 28.1 Å². The number of halogens is 2. The molecule has 0 fully saturated rings. The van der Waals surface area contributed by atoms with Crippen LogP contribution in [0.5, 0.6) is 0 Å². The lowest BCUT2D eigenvalue weighted by Crippen LogP contribution is -2.22. The van der Waals surface area contributed by atoms with Crippen LogP contribution in [-0.4, -0.2) is 4.98 Å². The monoisotopic (exact) mass is 322 g/mol. The Morgan fingerprint density at radius 3 is 2.63 bits per heavy atom. The summed E-state index contributed by atoms with van der Waals surface area (Å²) in [5.41, 5.74) is 2.17. The molecule has 0 aliphatic heterocycles. The summed E-state index contributed by atoms with van der Waals surface area (Å²) in [5, 5.41) is 3.48. The lowest BCUT2D eigenvalue weighted by molar-refractivity contribution is 0.491. The molecule has 0 aliphatic rings. The Balaban J connectivity index is 2.10. The maximum atomic E-state index is 13.1. The lowest BCUT2D eigenvalue weighted by atomic mass is 10.1. The third-order valence-corrected chi connectivity index (χ3v) is 3.80. The molecule has 0 spiro atoms. The summed E-state index contributed by atoms with van der Waals surface area (Å²) < 4.78 is 13.9. The molecule has 0 bridgehead atoms. The van der Waals surface area contributed by atoms with Crippen molar-refractivity contribution in [2.75, 3.05) is 0 Å². The minimum Gasteiger partial charge on any atom is -0.304 e. The Labute approximate surface area is 121 Å². The van der Waals surface area contributed by atoms with Crippen LogP contribution in [0.15, 0.2) is 47.2 Å². The van der Waals surface area contributed by atoms with E-state index < -0.39 is 0 Å². The van der Waals surface area contributed by atoms with Crippen molar-refractivity contribution in [1.29, 1.82) is 0 Å². The molecule has 2 rings (SSSR count). The largest absolute Gasteiger partial charge is 0.304 e. The molecule has 2 atom stereocenters. The van der Waals surface area contributed by atoms with E-state index in [2.05, 4.69) is 40.1 Å². The molecule has 2 unspecified atom stereocenters. The highest BCUT2D eigenvalue weighted by atomic mass is 79.9. The maximum absolute atomic E-state index is 13.1. The van der Waals surface area contributed by atoms with E-state index in [4.69, 9.17) is 0 Å². The maximum Gasteiger partial charge on any atom is 0.124 e. The fourth-order valence-electron chi connectivity index (χ4n) is 2.05. The van der Waals surface area contributed by atoms with Crippen molar-refractivity contribution in [3.05, 3.63) is 64.1 Å². The van der Waals surface area contributed by atoms with Crippen molar-refractivity contribution >= 4 is 15.9 Å². The van der Waals surface area contributed by atoms with Crippen molar-refractivity contribution in [3.63, 3.8) is 0 Å². The molecule has 1 aromatic heterocycles. The Morgan fingerprint density at radius 1 is 1.21 bits per heavy atom. The number of hydrogen-bond acceptors (Lipinski definition) is 2. The molecule has 2 nitrogen and oxygen atoms in total. The molecule has 1 aromatic carbocycles. The number of pyridine rings is 1. The molecule has 0 saturated heterocycles. The average molecular weight is 323 g/mol. The third-order valence-electron chi connectivity index (χ3n) is 3.11. The number of nitrogens with one attached hydrogen (secondary N) is 1. The SMILES string of the molecule is CC(NC(C)c1ccc(F)cc1Br)c1cccnc1. The predicted molar refractivity (Wildman–Crippen MR) is 78.3 cm³/mol. The highest BCUT2D eigenvalue weighted by Crippen LogP contribution is 2.26. The molecule has 2 aromatic rings. The molecule has 19 heavy (non-hydrogen) atoms. The fraction of sp³-hybridized carbons (Fsp3) is 0.267. The topological polar surface area (TPSA) is 24.9 Å². The summed E-state index contributed by atoms with van der Waals surface area (Å²) >= 11 is 3.40. The van der Waals surface area contributed by atoms with Crippen LogP contribution < -0.4 is 5.32 Å². The number of nitrogens with zero attached hydrogens (tertiary/aromatic N) is 1. The van der Waals surface area contributed by atoms with Gasteiger partial charge in [-0.2, -0.15) is 0 Å². The van der Waals surface area contributed by atoms with Crippen molar-refractivity contribution in [3.8, 4) is 0 Å². The molecule has 1 heterocycles. The Morgan fingerprint density at radius 2 is 2.00 bits per heavy atom. The molecule has 100 valence electrons. The van der Waals surface area contributed by atoms with Crippen LogP contribution in [0.2, 0.25) is 0 Å². The van der Waals surface area contributed by atoms with E-state index in [9.17, 15) is 4.39 Å². The van der Waals surface area contributed by atoms with E-state index in [1.54, 1.807) is 12.3 Å². The van der Waals surface area contributed by atoms with Gasteiger partial charge < -0.3 is 5.32 Å². The zero-order valence-corrected chi connectivity index (χ0v) is 12.5. The van der Waals surface area contributed by atoms with Gasteiger partial charge in [0.1, 0.15) is 5.82 Å². The quantitative estimate of drug-likeness (QED) is 0.902. The normalized spacial score (nSPS) is 14.1. The first-order chi connectivity index (χ1) is 9.08. The summed E-state index contributed by atoms with van der Waals surface area (Å²) in [7, 11) is 0. The van der Waals surface area contributed by atoms with Crippen LogP contribution in [0.4, 0.5) is 4.39 Å². The van der Waals surface area contributed by atoms with E-state index in [-0.39, 0.29) is 17.9 Å². The molecule has 0 aliphatic carbocycles. The summed E-state index contributed by atoms with van der Waals surface area (Å²) in [5.74, 6) is -0.233. The van der Waals surface area contributed by atoms with Gasteiger partial charge in [0.15, 0.2) is 0 Å². The summed E-state index contributed by atoms with van der Waals surface area (Å²) in [6, 6.07) is 9.02. The molecule has 4 heteroatoms. The zero-order valence-electron chi connectivity index (χ0n) is 10.9. The smallest absolute Gasteiger partial charge is 0.124 e. The number of rotatable bonds is 4. The highest BCUT2D eigenvalue weighted by Gasteiger charge is 2.13. The second-order valence-electron chi connectivity index (χ2n) is 4.56. The summed E-state index contributed by atoms with van der Waals surface area (Å²) in [4.78, 5) is 4.12. The number of aromatic nitrogens is 1. The average Bonchev–Trinajstić information content (AvgIpc) is 2.39. The molecule has 1 N–H and O–H groups in total. The van der Waals surface area contributed by atoms with Crippen molar-refractivity contribution in [2.45, 2.75) is 25.9 Å². The van der Waals surface area contributed by atoms with Gasteiger partial charge in [0.05, 0.1) is 0 Å². The number of benzene rings is 1. The highest BCUT2D eigenvalue weighted by molar-refractivity contribution is 9.10.